The molecule has 3 aliphatic heterocycles. The van der Waals surface area contributed by atoms with Crippen molar-refractivity contribution in [2.45, 2.75) is 58.5 Å². The third-order valence-electron chi connectivity index (χ3n) is 6.86. The van der Waals surface area contributed by atoms with E-state index in [1.807, 2.05) is 16.8 Å². The molecule has 1 spiro atoms. The molecule has 2 fully saturated rings. The minimum Gasteiger partial charge on any atom is -0.487 e. The van der Waals surface area contributed by atoms with Crippen LogP contribution < -0.4 is 9.64 Å². The predicted molar refractivity (Wildman–Crippen MR) is 132 cm³/mol. The average Bonchev–Trinajstić information content (AvgIpc) is 3.03. The molecule has 4 rings (SSSR count). The Labute approximate surface area is 197 Å². The second-order valence-electron chi connectivity index (χ2n) is 10.6. The van der Waals surface area contributed by atoms with Gasteiger partial charge in [0.05, 0.1) is 6.61 Å². The Hall–Kier alpha value is -1.60. The van der Waals surface area contributed by atoms with Gasteiger partial charge >= 0.3 is 6.09 Å². The maximum atomic E-state index is 12.4. The van der Waals surface area contributed by atoms with E-state index in [0.717, 1.165) is 57.6 Å². The molecular formula is C25H39N3O3S. The Kier molecular flexibility index (Phi) is 7.15. The van der Waals surface area contributed by atoms with E-state index < -0.39 is 0 Å². The summed E-state index contributed by atoms with van der Waals surface area (Å²) >= 11 is 1.85. The number of aryl methyl sites for hydroxylation is 1. The minimum atomic E-state index is -0.187. The molecule has 0 atom stereocenters. The van der Waals surface area contributed by atoms with Crippen LogP contribution in [0.2, 0.25) is 0 Å². The second-order valence-corrected chi connectivity index (χ2v) is 11.5. The van der Waals surface area contributed by atoms with Crippen molar-refractivity contribution in [2.24, 2.45) is 5.41 Å². The Morgan fingerprint density at radius 2 is 1.88 bits per heavy atom. The summed E-state index contributed by atoms with van der Waals surface area (Å²) in [5.41, 5.74) is 2.49. The fourth-order valence-electron chi connectivity index (χ4n) is 4.86. The number of rotatable bonds is 3. The zero-order valence-electron chi connectivity index (χ0n) is 20.2. The molecule has 1 aromatic carbocycles. The maximum Gasteiger partial charge on any atom is 0.409 e. The topological polar surface area (TPSA) is 45.2 Å². The fraction of sp³-hybridized carbons (Fsp3) is 0.720. The molecule has 0 N–H and O–H groups in total. The summed E-state index contributed by atoms with van der Waals surface area (Å²) in [5, 5.41) is 0. The number of carbonyl (C=O) groups is 1. The smallest absolute Gasteiger partial charge is 0.409 e. The molecule has 1 amide bonds. The van der Waals surface area contributed by atoms with Gasteiger partial charge in [0.25, 0.3) is 0 Å². The molecule has 0 saturated carbocycles. The molecular weight excluding hydrogens is 422 g/mol. The number of amides is 1. The van der Waals surface area contributed by atoms with Gasteiger partial charge in [-0.3, -0.25) is 0 Å². The minimum absolute atomic E-state index is 0.0105. The Morgan fingerprint density at radius 1 is 1.09 bits per heavy atom. The molecule has 0 unspecified atom stereocenters. The summed E-state index contributed by atoms with van der Waals surface area (Å²) in [6, 6.07) is 6.74. The first-order valence-electron chi connectivity index (χ1n) is 12.0. The summed E-state index contributed by atoms with van der Waals surface area (Å²) in [6.07, 6.45) is 6.99. The number of carbonyl (C=O) groups excluding carboxylic acids is 1. The predicted octanol–water partition coefficient (Wildman–Crippen LogP) is 4.82. The van der Waals surface area contributed by atoms with E-state index in [2.05, 4.69) is 54.4 Å². The van der Waals surface area contributed by atoms with Crippen LogP contribution in [0.1, 0.15) is 52.0 Å². The van der Waals surface area contributed by atoms with Crippen molar-refractivity contribution in [3.05, 3.63) is 23.8 Å². The van der Waals surface area contributed by atoms with E-state index in [4.69, 9.17) is 9.47 Å². The fourth-order valence-corrected chi connectivity index (χ4v) is 5.43. The Bertz CT molecular complexity index is 802. The molecule has 0 aromatic heterocycles. The lowest BCUT2D eigenvalue weighted by Crippen LogP contribution is -2.51. The van der Waals surface area contributed by atoms with Gasteiger partial charge in [0, 0.05) is 57.8 Å². The SMILES string of the molecule is CSN1CCCN(c2ccc3c(c2)CCC2(CCN(C(=O)OCC(C)(C)C)CC2)O3)CC1. The number of hydrogen-bond donors (Lipinski definition) is 0. The first kappa shape index (κ1) is 23.6. The van der Waals surface area contributed by atoms with Crippen LogP contribution in [0.3, 0.4) is 0 Å². The van der Waals surface area contributed by atoms with Crippen LogP contribution >= 0.6 is 11.9 Å². The van der Waals surface area contributed by atoms with Crippen molar-refractivity contribution in [1.29, 1.82) is 0 Å². The highest BCUT2D eigenvalue weighted by atomic mass is 32.2. The molecule has 3 aliphatic rings. The number of likely N-dealkylation sites (tertiary alicyclic amines) is 1. The molecule has 1 aromatic rings. The molecule has 2 saturated heterocycles. The highest BCUT2D eigenvalue weighted by molar-refractivity contribution is 7.96. The third-order valence-corrected chi connectivity index (χ3v) is 7.74. The Morgan fingerprint density at radius 3 is 2.59 bits per heavy atom. The van der Waals surface area contributed by atoms with Crippen molar-refractivity contribution in [2.75, 3.05) is 57.0 Å². The normalized spacial score (nSPS) is 21.6. The van der Waals surface area contributed by atoms with Gasteiger partial charge in [-0.15, -0.1) is 0 Å². The van der Waals surface area contributed by atoms with Crippen LogP contribution in [0.25, 0.3) is 0 Å². The van der Waals surface area contributed by atoms with Crippen molar-refractivity contribution in [3.8, 4) is 5.75 Å². The lowest BCUT2D eigenvalue weighted by Gasteiger charge is -2.44. The van der Waals surface area contributed by atoms with Gasteiger partial charge in [-0.25, -0.2) is 9.10 Å². The van der Waals surface area contributed by atoms with Crippen LogP contribution in [0, 0.1) is 5.41 Å². The summed E-state index contributed by atoms with van der Waals surface area (Å²) in [5.74, 6) is 1.03. The van der Waals surface area contributed by atoms with Gasteiger partial charge in [-0.05, 0) is 54.7 Å². The first-order valence-corrected chi connectivity index (χ1v) is 13.2. The standard InChI is InChI=1S/C25H39N3O3S/c1-24(2,3)19-30-23(29)27-14-10-25(11-15-27)9-8-20-18-21(6-7-22(20)31-25)26-12-5-13-28(32-4)17-16-26/h6-7,18H,5,8-17,19H2,1-4H3. The quantitative estimate of drug-likeness (QED) is 0.602. The lowest BCUT2D eigenvalue weighted by molar-refractivity contribution is -0.0171. The molecule has 6 nitrogen and oxygen atoms in total. The maximum absolute atomic E-state index is 12.4. The second kappa shape index (κ2) is 9.72. The number of benzene rings is 1. The van der Waals surface area contributed by atoms with E-state index in [0.29, 0.717) is 19.7 Å². The largest absolute Gasteiger partial charge is 0.487 e. The monoisotopic (exact) mass is 461 g/mol. The van der Waals surface area contributed by atoms with E-state index in [-0.39, 0.29) is 17.1 Å². The van der Waals surface area contributed by atoms with Gasteiger partial charge < -0.3 is 19.3 Å². The molecule has 0 bridgehead atoms. The number of piperidine rings is 1. The van der Waals surface area contributed by atoms with Crippen LogP contribution in [-0.4, -0.2) is 73.0 Å². The zero-order valence-corrected chi connectivity index (χ0v) is 21.0. The highest BCUT2D eigenvalue weighted by Gasteiger charge is 2.41. The van der Waals surface area contributed by atoms with Crippen LogP contribution in [-0.2, 0) is 11.2 Å². The van der Waals surface area contributed by atoms with Gasteiger partial charge in [0.2, 0.25) is 0 Å². The highest BCUT2D eigenvalue weighted by Crippen LogP contribution is 2.41. The molecule has 7 heteroatoms. The van der Waals surface area contributed by atoms with Gasteiger partial charge in [0.15, 0.2) is 0 Å². The van der Waals surface area contributed by atoms with E-state index in [1.165, 1.54) is 17.7 Å². The number of anilines is 1. The molecule has 178 valence electrons. The molecule has 3 heterocycles. The number of nitrogens with zero attached hydrogens (tertiary/aromatic N) is 3. The van der Waals surface area contributed by atoms with Crippen LogP contribution in [0.15, 0.2) is 18.2 Å². The molecule has 0 aliphatic carbocycles. The van der Waals surface area contributed by atoms with Crippen molar-refractivity contribution < 1.29 is 14.3 Å². The lowest BCUT2D eigenvalue weighted by atomic mass is 9.83. The number of ether oxygens (including phenoxy) is 2. The van der Waals surface area contributed by atoms with Gasteiger partial charge in [-0.1, -0.05) is 32.7 Å². The van der Waals surface area contributed by atoms with Gasteiger partial charge in [-0.2, -0.15) is 0 Å². The molecule has 32 heavy (non-hydrogen) atoms. The van der Waals surface area contributed by atoms with Gasteiger partial charge in [0.1, 0.15) is 11.4 Å². The summed E-state index contributed by atoms with van der Waals surface area (Å²) in [4.78, 5) is 16.8. The zero-order chi connectivity index (χ0) is 22.8. The van der Waals surface area contributed by atoms with Crippen LogP contribution in [0.4, 0.5) is 10.5 Å². The number of fused-ring (bicyclic) bond motifs is 1. The summed E-state index contributed by atoms with van der Waals surface area (Å²) in [6.45, 7) is 12.6. The van der Waals surface area contributed by atoms with E-state index >= 15 is 0 Å². The third kappa shape index (κ3) is 5.66. The van der Waals surface area contributed by atoms with Crippen molar-refractivity contribution in [1.82, 2.24) is 9.21 Å². The summed E-state index contributed by atoms with van der Waals surface area (Å²) < 4.78 is 14.6. The Balaban J connectivity index is 1.34. The first-order chi connectivity index (χ1) is 15.3. The van der Waals surface area contributed by atoms with Crippen LogP contribution in [0.5, 0.6) is 5.75 Å². The molecule has 0 radical (unpaired) electrons. The van der Waals surface area contributed by atoms with E-state index in [1.54, 1.807) is 0 Å². The summed E-state index contributed by atoms with van der Waals surface area (Å²) in [7, 11) is 0. The average molecular weight is 462 g/mol. The van der Waals surface area contributed by atoms with E-state index in [9.17, 15) is 4.79 Å². The number of hydrogen-bond acceptors (Lipinski definition) is 6. The van der Waals surface area contributed by atoms with Crippen molar-refractivity contribution >= 4 is 23.7 Å². The van der Waals surface area contributed by atoms with Crippen molar-refractivity contribution in [3.63, 3.8) is 0 Å².